The number of carbonyl (C=O) groups excluding carboxylic acids is 1. The first kappa shape index (κ1) is 18.7. The molecule has 0 saturated heterocycles. The molecule has 0 radical (unpaired) electrons. The fourth-order valence-corrected chi connectivity index (χ4v) is 4.11. The molecule has 0 fully saturated rings. The Morgan fingerprint density at radius 3 is 2.39 bits per heavy atom. The number of nitrogens with zero attached hydrogens (tertiary/aromatic N) is 2. The molecule has 2 aromatic heterocycles. The Balaban J connectivity index is 1.40. The molecule has 4 aromatic rings. The number of carbonyl (C=O) groups is 1. The average Bonchev–Trinajstić information content (AvgIpc) is 3.28. The predicted octanol–water partition coefficient (Wildman–Crippen LogP) is 5.95. The van der Waals surface area contributed by atoms with Crippen molar-refractivity contribution in [3.05, 3.63) is 74.9 Å². The molecule has 140 valence electrons. The van der Waals surface area contributed by atoms with E-state index in [0.29, 0.717) is 14.2 Å². The average molecular weight is 430 g/mol. The van der Waals surface area contributed by atoms with Gasteiger partial charge in [0.1, 0.15) is 4.34 Å². The highest BCUT2D eigenvalue weighted by atomic mass is 35.5. The van der Waals surface area contributed by atoms with E-state index >= 15 is 0 Å². The number of nitrogens with one attached hydrogen (secondary N) is 1. The number of anilines is 1. The smallest absolute Gasteiger partial charge is 0.322 e. The van der Waals surface area contributed by atoms with Crippen LogP contribution in [0.4, 0.5) is 6.01 Å². The third kappa shape index (κ3) is 4.25. The van der Waals surface area contributed by atoms with Gasteiger partial charge in [0.15, 0.2) is 0 Å². The van der Waals surface area contributed by atoms with Gasteiger partial charge in [0.25, 0.3) is 5.89 Å². The molecule has 0 spiro atoms. The van der Waals surface area contributed by atoms with E-state index in [-0.39, 0.29) is 24.2 Å². The number of aromatic nitrogens is 2. The summed E-state index contributed by atoms with van der Waals surface area (Å²) in [4.78, 5) is 12.3. The van der Waals surface area contributed by atoms with Crippen molar-refractivity contribution in [3.63, 3.8) is 0 Å². The maximum Gasteiger partial charge on any atom is 0.322 e. The van der Waals surface area contributed by atoms with Crippen LogP contribution in [-0.4, -0.2) is 16.1 Å². The largest absolute Gasteiger partial charge is 0.403 e. The number of benzene rings is 2. The summed E-state index contributed by atoms with van der Waals surface area (Å²) >= 11 is 13.2. The number of hydrogen-bond acceptors (Lipinski definition) is 5. The molecule has 8 heteroatoms. The number of amides is 1. The van der Waals surface area contributed by atoms with Gasteiger partial charge in [0, 0.05) is 0 Å². The molecule has 2 aromatic carbocycles. The van der Waals surface area contributed by atoms with Crippen molar-refractivity contribution < 1.29 is 9.21 Å². The fraction of sp³-hybridized carbons (Fsp3) is 0.0500. The molecule has 0 saturated carbocycles. The minimum absolute atomic E-state index is 0.0132. The van der Waals surface area contributed by atoms with Gasteiger partial charge in [-0.15, -0.1) is 16.4 Å². The maximum absolute atomic E-state index is 12.3. The minimum Gasteiger partial charge on any atom is -0.403 e. The van der Waals surface area contributed by atoms with Gasteiger partial charge >= 0.3 is 6.01 Å². The van der Waals surface area contributed by atoms with Crippen molar-refractivity contribution in [1.82, 2.24) is 10.2 Å². The van der Waals surface area contributed by atoms with Crippen molar-refractivity contribution in [2.24, 2.45) is 0 Å². The Bertz CT molecular complexity index is 1110. The Morgan fingerprint density at radius 1 is 1.00 bits per heavy atom. The van der Waals surface area contributed by atoms with Crippen LogP contribution in [0.25, 0.3) is 22.6 Å². The Labute approximate surface area is 174 Å². The summed E-state index contributed by atoms with van der Waals surface area (Å²) in [6.45, 7) is 0. The lowest BCUT2D eigenvalue weighted by molar-refractivity contribution is -0.115. The van der Waals surface area contributed by atoms with Crippen molar-refractivity contribution in [2.45, 2.75) is 6.42 Å². The Kier molecular flexibility index (Phi) is 5.43. The van der Waals surface area contributed by atoms with E-state index in [1.807, 2.05) is 54.6 Å². The van der Waals surface area contributed by atoms with Gasteiger partial charge < -0.3 is 4.42 Å². The lowest BCUT2D eigenvalue weighted by atomic mass is 10.0. The summed E-state index contributed by atoms with van der Waals surface area (Å²) in [6.07, 6.45) is 0.192. The molecule has 0 aliphatic carbocycles. The second-order valence-corrected chi connectivity index (χ2v) is 8.22. The molecular formula is C20H13Cl2N3O2S. The molecule has 5 nitrogen and oxygen atoms in total. The highest BCUT2D eigenvalue weighted by molar-refractivity contribution is 7.20. The van der Waals surface area contributed by atoms with Crippen molar-refractivity contribution in [1.29, 1.82) is 0 Å². The number of thiophene rings is 1. The van der Waals surface area contributed by atoms with Gasteiger partial charge in [-0.1, -0.05) is 82.9 Å². The van der Waals surface area contributed by atoms with Gasteiger partial charge in [0.05, 0.1) is 16.3 Å². The van der Waals surface area contributed by atoms with Crippen LogP contribution in [-0.2, 0) is 11.2 Å². The summed E-state index contributed by atoms with van der Waals surface area (Å²) in [5.41, 5.74) is 3.65. The molecule has 0 aliphatic heterocycles. The SMILES string of the molecule is O=C(Cc1ccc(-c2ccccc2)cc1)Nc1nnc(-c2cc(Cl)sc2Cl)o1. The standard InChI is InChI=1S/C20H13Cl2N3O2S/c21-16-11-15(18(22)28-16)19-24-25-20(27-19)23-17(26)10-12-6-8-14(9-7-12)13-4-2-1-3-5-13/h1-9,11H,10H2,(H,23,25,26). The quantitative estimate of drug-likeness (QED) is 0.425. The fourth-order valence-electron chi connectivity index (χ4n) is 2.66. The highest BCUT2D eigenvalue weighted by Gasteiger charge is 2.16. The number of hydrogen-bond donors (Lipinski definition) is 1. The van der Waals surface area contributed by atoms with E-state index in [9.17, 15) is 4.79 Å². The first-order valence-electron chi connectivity index (χ1n) is 8.31. The molecule has 28 heavy (non-hydrogen) atoms. The minimum atomic E-state index is -0.253. The van der Waals surface area contributed by atoms with Gasteiger partial charge in [-0.05, 0) is 22.8 Å². The Morgan fingerprint density at radius 2 is 1.71 bits per heavy atom. The van der Waals surface area contributed by atoms with E-state index in [0.717, 1.165) is 16.7 Å². The van der Waals surface area contributed by atoms with Crippen LogP contribution in [0.1, 0.15) is 5.56 Å². The molecule has 0 atom stereocenters. The van der Waals surface area contributed by atoms with Crippen LogP contribution >= 0.6 is 34.5 Å². The van der Waals surface area contributed by atoms with Crippen molar-refractivity contribution in [2.75, 3.05) is 5.32 Å². The van der Waals surface area contributed by atoms with Crippen molar-refractivity contribution in [3.8, 4) is 22.6 Å². The second-order valence-electron chi connectivity index (χ2n) is 5.94. The zero-order valence-electron chi connectivity index (χ0n) is 14.4. The van der Waals surface area contributed by atoms with Crippen LogP contribution in [0.2, 0.25) is 8.67 Å². The van der Waals surface area contributed by atoms with E-state index < -0.39 is 0 Å². The third-order valence-electron chi connectivity index (χ3n) is 3.98. The molecule has 1 amide bonds. The lowest BCUT2D eigenvalue weighted by Crippen LogP contribution is -2.14. The second kappa shape index (κ2) is 8.14. The Hall–Kier alpha value is -2.67. The van der Waals surface area contributed by atoms with E-state index in [1.165, 1.54) is 11.3 Å². The molecule has 0 aliphatic rings. The van der Waals surface area contributed by atoms with Gasteiger partial charge in [-0.2, -0.15) is 0 Å². The van der Waals surface area contributed by atoms with E-state index in [1.54, 1.807) is 6.07 Å². The predicted molar refractivity (Wildman–Crippen MR) is 112 cm³/mol. The van der Waals surface area contributed by atoms with Crippen molar-refractivity contribution >= 4 is 46.5 Å². The van der Waals surface area contributed by atoms with E-state index in [4.69, 9.17) is 27.6 Å². The topological polar surface area (TPSA) is 68.0 Å². The number of rotatable bonds is 5. The first-order valence-corrected chi connectivity index (χ1v) is 9.88. The van der Waals surface area contributed by atoms with Crippen LogP contribution in [0.3, 0.4) is 0 Å². The zero-order chi connectivity index (χ0) is 19.5. The highest BCUT2D eigenvalue weighted by Crippen LogP contribution is 2.37. The van der Waals surface area contributed by atoms with E-state index in [2.05, 4.69) is 15.5 Å². The van der Waals surface area contributed by atoms with Gasteiger partial charge in [-0.3, -0.25) is 10.1 Å². The molecule has 1 N–H and O–H groups in total. The molecular weight excluding hydrogens is 417 g/mol. The van der Waals surface area contributed by atoms with Gasteiger partial charge in [0.2, 0.25) is 5.91 Å². The maximum atomic E-state index is 12.3. The zero-order valence-corrected chi connectivity index (χ0v) is 16.7. The molecule has 0 bridgehead atoms. The lowest BCUT2D eigenvalue weighted by Gasteiger charge is -2.04. The molecule has 4 rings (SSSR count). The summed E-state index contributed by atoms with van der Waals surface area (Å²) in [5.74, 6) is -0.0484. The summed E-state index contributed by atoms with van der Waals surface area (Å²) in [6, 6.07) is 19.5. The van der Waals surface area contributed by atoms with Crippen LogP contribution in [0, 0.1) is 0 Å². The monoisotopic (exact) mass is 429 g/mol. The molecule has 2 heterocycles. The summed E-state index contributed by atoms with van der Waals surface area (Å²) < 4.78 is 6.42. The van der Waals surface area contributed by atoms with Crippen LogP contribution in [0.5, 0.6) is 0 Å². The third-order valence-corrected chi connectivity index (χ3v) is 5.47. The summed E-state index contributed by atoms with van der Waals surface area (Å²) in [5, 5.41) is 10.3. The first-order chi connectivity index (χ1) is 13.6. The van der Waals surface area contributed by atoms with Crippen LogP contribution < -0.4 is 5.32 Å². The molecule has 0 unspecified atom stereocenters. The number of halogens is 2. The normalized spacial score (nSPS) is 10.8. The van der Waals surface area contributed by atoms with Crippen LogP contribution in [0.15, 0.2) is 65.1 Å². The summed E-state index contributed by atoms with van der Waals surface area (Å²) in [7, 11) is 0. The van der Waals surface area contributed by atoms with Gasteiger partial charge in [-0.25, -0.2) is 0 Å².